The average molecular weight is 325 g/mol. The molecule has 2 aromatic carbocycles. The Morgan fingerprint density at radius 1 is 1.04 bits per heavy atom. The smallest absolute Gasteiger partial charge is 0.465 e. The van der Waals surface area contributed by atoms with E-state index in [0.29, 0.717) is 17.8 Å². The molecule has 0 aliphatic heterocycles. The largest absolute Gasteiger partial charge is 0.573 e. The summed E-state index contributed by atoms with van der Waals surface area (Å²) in [5.41, 5.74) is 2.01. The fourth-order valence-corrected chi connectivity index (χ4v) is 1.86. The summed E-state index contributed by atoms with van der Waals surface area (Å²) in [5, 5.41) is 3.06. The molecule has 1 N–H and O–H groups in total. The molecular weight excluding hydrogens is 311 g/mol. The first-order chi connectivity index (χ1) is 10.9. The van der Waals surface area contributed by atoms with E-state index in [1.54, 1.807) is 24.3 Å². The first kappa shape index (κ1) is 16.7. The lowest BCUT2D eigenvalue weighted by atomic mass is 10.1. The lowest BCUT2D eigenvalue weighted by molar-refractivity contribution is -0.274. The SMILES string of the molecule is COC(=O)c1ccc(CNc2ccc(OC(F)(F)F)cc2)cc1. The normalized spacial score (nSPS) is 11.0. The van der Waals surface area contributed by atoms with Crippen molar-refractivity contribution in [2.24, 2.45) is 0 Å². The molecule has 2 rings (SSSR count). The van der Waals surface area contributed by atoms with Crippen LogP contribution in [0, 0.1) is 0 Å². The Bertz CT molecular complexity index is 652. The van der Waals surface area contributed by atoms with E-state index in [1.807, 2.05) is 0 Å². The molecule has 0 amide bonds. The van der Waals surface area contributed by atoms with Crippen LogP contribution >= 0.6 is 0 Å². The van der Waals surface area contributed by atoms with Crippen molar-refractivity contribution in [2.45, 2.75) is 12.9 Å². The summed E-state index contributed by atoms with van der Waals surface area (Å²) in [7, 11) is 1.31. The highest BCUT2D eigenvalue weighted by Crippen LogP contribution is 2.24. The highest BCUT2D eigenvalue weighted by Gasteiger charge is 2.30. The number of halogens is 3. The number of methoxy groups -OCH3 is 1. The van der Waals surface area contributed by atoms with Gasteiger partial charge in [0.05, 0.1) is 12.7 Å². The molecule has 0 saturated heterocycles. The van der Waals surface area contributed by atoms with Gasteiger partial charge in [0.15, 0.2) is 0 Å². The lowest BCUT2D eigenvalue weighted by Gasteiger charge is -2.10. The Hall–Kier alpha value is -2.70. The third-order valence-corrected chi connectivity index (χ3v) is 2.96. The molecule has 0 heterocycles. The number of carbonyl (C=O) groups excluding carboxylic acids is 1. The van der Waals surface area contributed by atoms with Crippen molar-refractivity contribution in [3.05, 3.63) is 59.7 Å². The molecule has 0 bridgehead atoms. The van der Waals surface area contributed by atoms with Gasteiger partial charge in [-0.3, -0.25) is 0 Å². The minimum absolute atomic E-state index is 0.273. The number of hydrogen-bond donors (Lipinski definition) is 1. The molecule has 0 radical (unpaired) electrons. The summed E-state index contributed by atoms with van der Waals surface area (Å²) in [6.45, 7) is 0.459. The zero-order valence-corrected chi connectivity index (χ0v) is 12.2. The minimum Gasteiger partial charge on any atom is -0.465 e. The third kappa shape index (κ3) is 5.21. The maximum absolute atomic E-state index is 12.1. The van der Waals surface area contributed by atoms with Gasteiger partial charge in [0.1, 0.15) is 5.75 Å². The van der Waals surface area contributed by atoms with Gasteiger partial charge in [-0.25, -0.2) is 4.79 Å². The van der Waals surface area contributed by atoms with Crippen LogP contribution in [0.5, 0.6) is 5.75 Å². The van der Waals surface area contributed by atoms with E-state index in [1.165, 1.54) is 31.4 Å². The van der Waals surface area contributed by atoms with E-state index in [0.717, 1.165) is 5.56 Å². The first-order valence-electron chi connectivity index (χ1n) is 6.64. The van der Waals surface area contributed by atoms with Gasteiger partial charge in [0.2, 0.25) is 0 Å². The van der Waals surface area contributed by atoms with Crippen LogP contribution < -0.4 is 10.1 Å². The fourth-order valence-electron chi connectivity index (χ4n) is 1.86. The fraction of sp³-hybridized carbons (Fsp3) is 0.188. The van der Waals surface area contributed by atoms with Gasteiger partial charge in [0, 0.05) is 12.2 Å². The van der Waals surface area contributed by atoms with E-state index >= 15 is 0 Å². The van der Waals surface area contributed by atoms with Gasteiger partial charge in [-0.15, -0.1) is 13.2 Å². The summed E-state index contributed by atoms with van der Waals surface area (Å²) in [6.07, 6.45) is -4.70. The van der Waals surface area contributed by atoms with E-state index in [2.05, 4.69) is 14.8 Å². The Labute approximate surface area is 130 Å². The van der Waals surface area contributed by atoms with Crippen molar-refractivity contribution in [1.29, 1.82) is 0 Å². The first-order valence-corrected chi connectivity index (χ1v) is 6.64. The van der Waals surface area contributed by atoms with E-state index in [9.17, 15) is 18.0 Å². The van der Waals surface area contributed by atoms with Gasteiger partial charge in [-0.2, -0.15) is 0 Å². The summed E-state index contributed by atoms with van der Waals surface area (Å²) in [6, 6.07) is 12.3. The molecule has 7 heteroatoms. The summed E-state index contributed by atoms with van der Waals surface area (Å²) in [4.78, 5) is 11.3. The second-order valence-corrected chi connectivity index (χ2v) is 4.61. The van der Waals surface area contributed by atoms with Gasteiger partial charge >= 0.3 is 12.3 Å². The van der Waals surface area contributed by atoms with Crippen LogP contribution in [0.4, 0.5) is 18.9 Å². The third-order valence-electron chi connectivity index (χ3n) is 2.96. The van der Waals surface area contributed by atoms with Gasteiger partial charge < -0.3 is 14.8 Å². The van der Waals surface area contributed by atoms with Crippen LogP contribution in [0.1, 0.15) is 15.9 Å². The molecular formula is C16H14F3NO3. The zero-order valence-electron chi connectivity index (χ0n) is 12.2. The van der Waals surface area contributed by atoms with Crippen LogP contribution in [-0.4, -0.2) is 19.4 Å². The molecule has 0 spiro atoms. The van der Waals surface area contributed by atoms with Gasteiger partial charge in [-0.1, -0.05) is 12.1 Å². The van der Waals surface area contributed by atoms with Crippen LogP contribution in [0.25, 0.3) is 0 Å². The number of anilines is 1. The molecule has 23 heavy (non-hydrogen) atoms. The zero-order chi connectivity index (χ0) is 16.9. The Morgan fingerprint density at radius 3 is 2.17 bits per heavy atom. The molecule has 0 atom stereocenters. The molecule has 2 aromatic rings. The monoisotopic (exact) mass is 325 g/mol. The molecule has 0 aliphatic rings. The minimum atomic E-state index is -4.70. The van der Waals surface area contributed by atoms with Gasteiger partial charge in [0.25, 0.3) is 0 Å². The number of nitrogens with one attached hydrogen (secondary N) is 1. The number of hydrogen-bond acceptors (Lipinski definition) is 4. The van der Waals surface area contributed by atoms with E-state index in [4.69, 9.17) is 0 Å². The molecule has 0 saturated carbocycles. The molecule has 0 fully saturated rings. The summed E-state index contributed by atoms with van der Waals surface area (Å²) < 4.78 is 44.6. The lowest BCUT2D eigenvalue weighted by Crippen LogP contribution is -2.17. The van der Waals surface area contributed by atoms with Gasteiger partial charge in [-0.05, 0) is 42.0 Å². The number of benzene rings is 2. The average Bonchev–Trinajstić information content (AvgIpc) is 2.52. The number of carbonyl (C=O) groups is 1. The summed E-state index contributed by atoms with van der Waals surface area (Å²) in [5.74, 6) is -0.685. The Balaban J connectivity index is 1.92. The molecule has 4 nitrogen and oxygen atoms in total. The maximum atomic E-state index is 12.1. The highest BCUT2D eigenvalue weighted by atomic mass is 19.4. The van der Waals surface area contributed by atoms with Crippen molar-refractivity contribution < 1.29 is 27.4 Å². The summed E-state index contributed by atoms with van der Waals surface area (Å²) >= 11 is 0. The van der Waals surface area contributed by atoms with Crippen LogP contribution in [0.15, 0.2) is 48.5 Å². The quantitative estimate of drug-likeness (QED) is 0.845. The van der Waals surface area contributed by atoms with E-state index < -0.39 is 12.3 Å². The Kier molecular flexibility index (Phi) is 5.10. The maximum Gasteiger partial charge on any atom is 0.573 e. The highest BCUT2D eigenvalue weighted by molar-refractivity contribution is 5.89. The van der Waals surface area contributed by atoms with Crippen LogP contribution in [0.3, 0.4) is 0 Å². The van der Waals surface area contributed by atoms with Crippen molar-refractivity contribution in [3.8, 4) is 5.75 Å². The number of esters is 1. The molecule has 0 unspecified atom stereocenters. The number of alkyl halides is 3. The molecule has 122 valence electrons. The predicted octanol–water partition coefficient (Wildman–Crippen LogP) is 3.98. The van der Waals surface area contributed by atoms with Crippen molar-refractivity contribution in [1.82, 2.24) is 0 Å². The number of rotatable bonds is 5. The predicted molar refractivity (Wildman–Crippen MR) is 78.2 cm³/mol. The van der Waals surface area contributed by atoms with Crippen molar-refractivity contribution in [3.63, 3.8) is 0 Å². The van der Waals surface area contributed by atoms with E-state index in [-0.39, 0.29) is 5.75 Å². The molecule has 0 aliphatic carbocycles. The topological polar surface area (TPSA) is 47.6 Å². The second kappa shape index (κ2) is 7.04. The standard InChI is InChI=1S/C16H14F3NO3/c1-22-15(21)12-4-2-11(3-5-12)10-20-13-6-8-14(9-7-13)23-16(17,18)19/h2-9,20H,10H2,1H3. The second-order valence-electron chi connectivity index (χ2n) is 4.61. The Morgan fingerprint density at radius 2 is 1.65 bits per heavy atom. The van der Waals surface area contributed by atoms with Crippen LogP contribution in [0.2, 0.25) is 0 Å². The van der Waals surface area contributed by atoms with Crippen LogP contribution in [-0.2, 0) is 11.3 Å². The van der Waals surface area contributed by atoms with Crippen molar-refractivity contribution >= 4 is 11.7 Å². The molecule has 0 aromatic heterocycles. The van der Waals surface area contributed by atoms with Crippen molar-refractivity contribution in [2.75, 3.05) is 12.4 Å². The number of ether oxygens (including phenoxy) is 2.